The maximum atomic E-state index is 12.8. The van der Waals surface area contributed by atoms with Gasteiger partial charge in [0.05, 0.1) is 12.1 Å². The Bertz CT molecular complexity index is 826. The molecule has 2 aromatic rings. The summed E-state index contributed by atoms with van der Waals surface area (Å²) in [6.45, 7) is 0.874. The molecule has 2 aromatic heterocycles. The molecular weight excluding hydrogens is 363 g/mol. The first kappa shape index (κ1) is 17.9. The second-order valence-corrected chi connectivity index (χ2v) is 7.14. The Kier molecular flexibility index (Phi) is 4.37. The van der Waals surface area contributed by atoms with Crippen LogP contribution in [0.25, 0.3) is 0 Å². The largest absolute Gasteiger partial charge is 0.433 e. The van der Waals surface area contributed by atoms with E-state index in [4.69, 9.17) is 0 Å². The molecule has 7 nitrogen and oxygen atoms in total. The standard InChI is InChI=1S/C17H18F3N5O2/c18-17(19,20)15-5-10(1-2-22-15)16(27)24-6-11-3-13(25-9-21-8-23-25)14(26)4-12(11)7-24/h1-2,5,8-9,11-14,26H,3-4,6-7H2/t11-,12+,13-,14-/m1/s1. The normalized spacial score (nSPS) is 28.2. The number of alkyl halides is 3. The van der Waals surface area contributed by atoms with Gasteiger partial charge in [0.2, 0.25) is 0 Å². The van der Waals surface area contributed by atoms with Gasteiger partial charge in [-0.1, -0.05) is 0 Å². The zero-order valence-corrected chi connectivity index (χ0v) is 14.3. The lowest BCUT2D eigenvalue weighted by atomic mass is 9.77. The van der Waals surface area contributed by atoms with Gasteiger partial charge >= 0.3 is 6.18 Å². The average molecular weight is 381 g/mol. The number of fused-ring (bicyclic) bond motifs is 1. The molecule has 3 heterocycles. The Morgan fingerprint density at radius 2 is 1.96 bits per heavy atom. The van der Waals surface area contributed by atoms with Crippen molar-refractivity contribution in [1.29, 1.82) is 0 Å². The molecular formula is C17H18F3N5O2. The smallest absolute Gasteiger partial charge is 0.391 e. The lowest BCUT2D eigenvalue weighted by Gasteiger charge is -2.34. The van der Waals surface area contributed by atoms with Crippen molar-refractivity contribution < 1.29 is 23.1 Å². The third-order valence-corrected chi connectivity index (χ3v) is 5.47. The Hall–Kier alpha value is -2.49. The molecule has 2 aliphatic rings. The van der Waals surface area contributed by atoms with E-state index >= 15 is 0 Å². The summed E-state index contributed by atoms with van der Waals surface area (Å²) < 4.78 is 40.2. The number of carbonyl (C=O) groups is 1. The molecule has 144 valence electrons. The zero-order valence-electron chi connectivity index (χ0n) is 14.3. The number of hydrogen-bond acceptors (Lipinski definition) is 5. The molecule has 1 amide bonds. The van der Waals surface area contributed by atoms with Crippen LogP contribution in [0.4, 0.5) is 13.2 Å². The van der Waals surface area contributed by atoms with Crippen LogP contribution in [-0.2, 0) is 6.18 Å². The number of nitrogens with zero attached hydrogens (tertiary/aromatic N) is 5. The van der Waals surface area contributed by atoms with E-state index in [1.165, 1.54) is 12.4 Å². The number of aliphatic hydroxyl groups is 1. The van der Waals surface area contributed by atoms with Gasteiger partial charge in [-0.05, 0) is 36.8 Å². The van der Waals surface area contributed by atoms with Crippen molar-refractivity contribution in [3.05, 3.63) is 42.2 Å². The Balaban J connectivity index is 1.49. The number of hydrogen-bond donors (Lipinski definition) is 1. The molecule has 0 spiro atoms. The first-order valence-corrected chi connectivity index (χ1v) is 8.67. The fourth-order valence-electron chi connectivity index (χ4n) is 4.15. The van der Waals surface area contributed by atoms with E-state index in [2.05, 4.69) is 15.1 Å². The molecule has 0 radical (unpaired) electrons. The van der Waals surface area contributed by atoms with Crippen LogP contribution in [-0.4, -0.2) is 54.9 Å². The molecule has 4 atom stereocenters. The van der Waals surface area contributed by atoms with Crippen molar-refractivity contribution in [1.82, 2.24) is 24.6 Å². The van der Waals surface area contributed by atoms with Gasteiger partial charge in [0, 0.05) is 24.8 Å². The number of rotatable bonds is 2. The quantitative estimate of drug-likeness (QED) is 0.857. The van der Waals surface area contributed by atoms with Crippen molar-refractivity contribution in [2.24, 2.45) is 11.8 Å². The summed E-state index contributed by atoms with van der Waals surface area (Å²) in [4.78, 5) is 21.5. The van der Waals surface area contributed by atoms with Crippen LogP contribution in [0.3, 0.4) is 0 Å². The minimum atomic E-state index is -4.59. The minimum Gasteiger partial charge on any atom is -0.391 e. The number of carbonyl (C=O) groups excluding carboxylic acids is 1. The van der Waals surface area contributed by atoms with Crippen molar-refractivity contribution in [3.8, 4) is 0 Å². The second kappa shape index (κ2) is 6.59. The highest BCUT2D eigenvalue weighted by molar-refractivity contribution is 5.94. The van der Waals surface area contributed by atoms with E-state index < -0.39 is 23.9 Å². The van der Waals surface area contributed by atoms with E-state index in [-0.39, 0.29) is 23.4 Å². The topological polar surface area (TPSA) is 84.1 Å². The first-order chi connectivity index (χ1) is 12.8. The van der Waals surface area contributed by atoms with Crippen molar-refractivity contribution in [2.45, 2.75) is 31.2 Å². The van der Waals surface area contributed by atoms with Crippen LogP contribution in [0.5, 0.6) is 0 Å². The highest BCUT2D eigenvalue weighted by Gasteiger charge is 2.44. The maximum Gasteiger partial charge on any atom is 0.433 e. The van der Waals surface area contributed by atoms with Crippen LogP contribution >= 0.6 is 0 Å². The highest BCUT2D eigenvalue weighted by Crippen LogP contribution is 2.41. The van der Waals surface area contributed by atoms with Gasteiger partial charge in [-0.2, -0.15) is 18.3 Å². The van der Waals surface area contributed by atoms with Crippen LogP contribution < -0.4 is 0 Å². The third-order valence-electron chi connectivity index (χ3n) is 5.47. The SMILES string of the molecule is O=C(c1ccnc(C(F)(F)F)c1)N1C[C@H]2C[C@@H](n3cncn3)[C@H](O)C[C@H]2C1. The van der Waals surface area contributed by atoms with Crippen molar-refractivity contribution >= 4 is 5.91 Å². The zero-order chi connectivity index (χ0) is 19.2. The van der Waals surface area contributed by atoms with Gasteiger partial charge in [-0.15, -0.1) is 0 Å². The summed E-state index contributed by atoms with van der Waals surface area (Å²) in [5, 5.41) is 14.5. The average Bonchev–Trinajstić information content (AvgIpc) is 3.29. The van der Waals surface area contributed by atoms with Crippen LogP contribution in [0.1, 0.15) is 34.9 Å². The maximum absolute atomic E-state index is 12.8. The van der Waals surface area contributed by atoms with E-state index in [0.29, 0.717) is 25.9 Å². The number of halogens is 3. The fraction of sp³-hybridized carbons (Fsp3) is 0.529. The van der Waals surface area contributed by atoms with Gasteiger partial charge in [0.25, 0.3) is 5.91 Å². The number of likely N-dealkylation sites (tertiary alicyclic amines) is 1. The predicted octanol–water partition coefficient (Wildman–Crippen LogP) is 1.78. The summed E-state index contributed by atoms with van der Waals surface area (Å²) in [6.07, 6.45) is -0.0618. The summed E-state index contributed by atoms with van der Waals surface area (Å²) in [5.74, 6) is -0.160. The molecule has 1 aliphatic carbocycles. The molecule has 27 heavy (non-hydrogen) atoms. The fourth-order valence-corrected chi connectivity index (χ4v) is 4.15. The monoisotopic (exact) mass is 381 g/mol. The van der Waals surface area contributed by atoms with Gasteiger partial charge < -0.3 is 10.0 Å². The molecule has 2 fully saturated rings. The van der Waals surface area contributed by atoms with E-state index in [1.54, 1.807) is 15.9 Å². The molecule has 10 heteroatoms. The van der Waals surface area contributed by atoms with Crippen molar-refractivity contribution in [2.75, 3.05) is 13.1 Å². The Morgan fingerprint density at radius 1 is 1.22 bits per heavy atom. The summed E-state index contributed by atoms with van der Waals surface area (Å²) in [6, 6.07) is 1.88. The van der Waals surface area contributed by atoms with E-state index in [9.17, 15) is 23.1 Å². The molecule has 0 aromatic carbocycles. The summed E-state index contributed by atoms with van der Waals surface area (Å²) in [5.41, 5.74) is -1.10. The van der Waals surface area contributed by atoms with E-state index in [1.807, 2.05) is 0 Å². The van der Waals surface area contributed by atoms with Crippen LogP contribution in [0.2, 0.25) is 0 Å². The molecule has 1 N–H and O–H groups in total. The third kappa shape index (κ3) is 3.41. The van der Waals surface area contributed by atoms with Gasteiger partial charge in [0.15, 0.2) is 0 Å². The Morgan fingerprint density at radius 3 is 2.63 bits per heavy atom. The summed E-state index contributed by atoms with van der Waals surface area (Å²) >= 11 is 0. The lowest BCUT2D eigenvalue weighted by molar-refractivity contribution is -0.141. The molecule has 4 rings (SSSR count). The van der Waals surface area contributed by atoms with Crippen LogP contribution in [0, 0.1) is 11.8 Å². The first-order valence-electron chi connectivity index (χ1n) is 8.67. The number of aliphatic hydroxyl groups excluding tert-OH is 1. The number of amides is 1. The molecule has 0 bridgehead atoms. The molecule has 1 aliphatic heterocycles. The highest BCUT2D eigenvalue weighted by atomic mass is 19.4. The van der Waals surface area contributed by atoms with Gasteiger partial charge in [0.1, 0.15) is 18.3 Å². The van der Waals surface area contributed by atoms with Gasteiger partial charge in [-0.3, -0.25) is 9.78 Å². The lowest BCUT2D eigenvalue weighted by Crippen LogP contribution is -2.36. The van der Waals surface area contributed by atoms with Crippen LogP contribution in [0.15, 0.2) is 31.0 Å². The van der Waals surface area contributed by atoms with Crippen molar-refractivity contribution in [3.63, 3.8) is 0 Å². The molecule has 1 saturated carbocycles. The minimum absolute atomic E-state index is 0.0238. The predicted molar refractivity (Wildman–Crippen MR) is 86.4 cm³/mol. The molecule has 1 saturated heterocycles. The molecule has 0 unspecified atom stereocenters. The number of pyridine rings is 1. The Labute approximate surface area is 152 Å². The summed E-state index contributed by atoms with van der Waals surface area (Å²) in [7, 11) is 0. The number of aromatic nitrogens is 4. The second-order valence-electron chi connectivity index (χ2n) is 7.14. The van der Waals surface area contributed by atoms with Gasteiger partial charge in [-0.25, -0.2) is 9.67 Å². The van der Waals surface area contributed by atoms with E-state index in [0.717, 1.165) is 12.3 Å².